The van der Waals surface area contributed by atoms with Crippen molar-refractivity contribution < 1.29 is 9.53 Å². The predicted molar refractivity (Wildman–Crippen MR) is 104 cm³/mol. The predicted octanol–water partition coefficient (Wildman–Crippen LogP) is 2.97. The van der Waals surface area contributed by atoms with E-state index in [2.05, 4.69) is 26.3 Å². The Bertz CT molecular complexity index is 878. The van der Waals surface area contributed by atoms with Gasteiger partial charge in [0.25, 0.3) is 5.56 Å². The maximum Gasteiger partial charge on any atom is 0.275 e. The maximum atomic E-state index is 12.8. The highest BCUT2D eigenvalue weighted by Crippen LogP contribution is 2.24. The van der Waals surface area contributed by atoms with E-state index in [1.165, 1.54) is 4.68 Å². The van der Waals surface area contributed by atoms with Crippen LogP contribution in [0.4, 0.5) is 0 Å². The number of hydrogen-bond acceptors (Lipinski definition) is 4. The molecule has 3 rings (SSSR count). The van der Waals surface area contributed by atoms with Gasteiger partial charge in [-0.1, -0.05) is 29.8 Å². The molecule has 1 aliphatic heterocycles. The Morgan fingerprint density at radius 2 is 2.19 bits per heavy atom. The van der Waals surface area contributed by atoms with Gasteiger partial charge in [-0.15, -0.1) is 0 Å². The van der Waals surface area contributed by atoms with Crippen molar-refractivity contribution in [2.75, 3.05) is 6.61 Å². The average Bonchev–Trinajstić information content (AvgIpc) is 2.57. The van der Waals surface area contributed by atoms with Crippen molar-refractivity contribution in [1.82, 2.24) is 15.1 Å². The second kappa shape index (κ2) is 7.88. The summed E-state index contributed by atoms with van der Waals surface area (Å²) in [6.45, 7) is 6.63. The SMILES string of the molecule is CC(C)c1nn(CC(=O)N[C@H]2CCO[C@@H](C)C2)c(=O)c2ccc(Br)cc12. The Hall–Kier alpha value is -1.73. The van der Waals surface area contributed by atoms with Crippen molar-refractivity contribution in [1.29, 1.82) is 0 Å². The first kappa shape index (κ1) is 19.0. The monoisotopic (exact) mass is 421 g/mol. The smallest absolute Gasteiger partial charge is 0.275 e. The number of aromatic nitrogens is 2. The van der Waals surface area contributed by atoms with Crippen LogP contribution in [0.25, 0.3) is 10.8 Å². The topological polar surface area (TPSA) is 73.2 Å². The van der Waals surface area contributed by atoms with Crippen LogP contribution in [0.5, 0.6) is 0 Å². The molecule has 1 saturated heterocycles. The van der Waals surface area contributed by atoms with Gasteiger partial charge in [0, 0.05) is 22.5 Å². The molecular formula is C19H24BrN3O3. The molecular weight excluding hydrogens is 398 g/mol. The van der Waals surface area contributed by atoms with Gasteiger partial charge in [-0.05, 0) is 43.9 Å². The highest BCUT2D eigenvalue weighted by molar-refractivity contribution is 9.10. The molecule has 2 heterocycles. The average molecular weight is 422 g/mol. The molecule has 1 aliphatic rings. The van der Waals surface area contributed by atoms with Crippen molar-refractivity contribution >= 4 is 32.6 Å². The summed E-state index contributed by atoms with van der Waals surface area (Å²) in [5, 5.41) is 8.90. The zero-order chi connectivity index (χ0) is 18.8. The van der Waals surface area contributed by atoms with Crippen LogP contribution in [0.3, 0.4) is 0 Å². The van der Waals surface area contributed by atoms with E-state index in [1.807, 2.05) is 32.9 Å². The first-order chi connectivity index (χ1) is 12.3. The third kappa shape index (κ3) is 4.15. The molecule has 0 radical (unpaired) electrons. The van der Waals surface area contributed by atoms with E-state index in [-0.39, 0.29) is 36.1 Å². The summed E-state index contributed by atoms with van der Waals surface area (Å²) in [6, 6.07) is 5.61. The lowest BCUT2D eigenvalue weighted by molar-refractivity contribution is -0.123. The molecule has 1 aromatic carbocycles. The summed E-state index contributed by atoms with van der Waals surface area (Å²) < 4.78 is 7.69. The van der Waals surface area contributed by atoms with Crippen LogP contribution in [-0.2, 0) is 16.1 Å². The lowest BCUT2D eigenvalue weighted by Crippen LogP contribution is -2.44. The summed E-state index contributed by atoms with van der Waals surface area (Å²) in [4.78, 5) is 25.2. The Labute approximate surface area is 161 Å². The Balaban J connectivity index is 1.87. The highest BCUT2D eigenvalue weighted by atomic mass is 79.9. The van der Waals surface area contributed by atoms with Crippen molar-refractivity contribution in [2.24, 2.45) is 0 Å². The molecule has 7 heteroatoms. The van der Waals surface area contributed by atoms with Gasteiger partial charge in [-0.2, -0.15) is 5.10 Å². The third-order valence-corrected chi connectivity index (χ3v) is 5.13. The fourth-order valence-corrected chi connectivity index (χ4v) is 3.72. The number of nitrogens with zero attached hydrogens (tertiary/aromatic N) is 2. The first-order valence-corrected chi connectivity index (χ1v) is 9.75. The van der Waals surface area contributed by atoms with Crippen LogP contribution >= 0.6 is 15.9 Å². The van der Waals surface area contributed by atoms with E-state index in [1.54, 1.807) is 6.07 Å². The van der Waals surface area contributed by atoms with Gasteiger partial charge in [-0.25, -0.2) is 4.68 Å². The van der Waals surface area contributed by atoms with Gasteiger partial charge in [0.05, 0.1) is 17.2 Å². The molecule has 0 unspecified atom stereocenters. The molecule has 140 valence electrons. The van der Waals surface area contributed by atoms with Crippen molar-refractivity contribution in [2.45, 2.75) is 58.2 Å². The number of ether oxygens (including phenoxy) is 1. The summed E-state index contributed by atoms with van der Waals surface area (Å²) >= 11 is 3.45. The minimum absolute atomic E-state index is 0.0731. The standard InChI is InChI=1S/C19H24BrN3O3/c1-11(2)18-16-9-13(20)4-5-15(16)19(25)23(22-18)10-17(24)21-14-6-7-26-12(3)8-14/h4-5,9,11-12,14H,6-8,10H2,1-3H3,(H,21,24)/t12-,14-/m0/s1. The van der Waals surface area contributed by atoms with Crippen LogP contribution in [0.1, 0.15) is 45.2 Å². The zero-order valence-corrected chi connectivity index (χ0v) is 16.9. The minimum atomic E-state index is -0.243. The van der Waals surface area contributed by atoms with Gasteiger partial charge < -0.3 is 10.1 Å². The lowest BCUT2D eigenvalue weighted by Gasteiger charge is -2.28. The van der Waals surface area contributed by atoms with Crippen molar-refractivity contribution in [3.8, 4) is 0 Å². The molecule has 2 aromatic rings. The van der Waals surface area contributed by atoms with Crippen molar-refractivity contribution in [3.05, 3.63) is 38.7 Å². The number of amides is 1. The highest BCUT2D eigenvalue weighted by Gasteiger charge is 2.22. The van der Waals surface area contributed by atoms with Gasteiger partial charge >= 0.3 is 0 Å². The van der Waals surface area contributed by atoms with Crippen molar-refractivity contribution in [3.63, 3.8) is 0 Å². The van der Waals surface area contributed by atoms with E-state index < -0.39 is 0 Å². The van der Waals surface area contributed by atoms with E-state index in [0.29, 0.717) is 12.0 Å². The van der Waals surface area contributed by atoms with Crippen LogP contribution in [0, 0.1) is 0 Å². The van der Waals surface area contributed by atoms with Gasteiger partial charge in [0.2, 0.25) is 5.91 Å². The van der Waals surface area contributed by atoms with Crippen LogP contribution < -0.4 is 10.9 Å². The molecule has 1 N–H and O–H groups in total. The molecule has 26 heavy (non-hydrogen) atoms. The first-order valence-electron chi connectivity index (χ1n) is 8.96. The maximum absolute atomic E-state index is 12.8. The van der Waals surface area contributed by atoms with Crippen LogP contribution in [0.15, 0.2) is 27.5 Å². The number of carbonyl (C=O) groups excluding carboxylic acids is 1. The number of benzene rings is 1. The molecule has 0 bridgehead atoms. The summed E-state index contributed by atoms with van der Waals surface area (Å²) in [5.41, 5.74) is 0.570. The number of carbonyl (C=O) groups is 1. The number of halogens is 1. The minimum Gasteiger partial charge on any atom is -0.378 e. The Morgan fingerprint density at radius 3 is 2.88 bits per heavy atom. The third-order valence-electron chi connectivity index (χ3n) is 4.64. The summed E-state index contributed by atoms with van der Waals surface area (Å²) in [5.74, 6) is -0.0529. The van der Waals surface area contributed by atoms with Gasteiger partial charge in [0.1, 0.15) is 6.54 Å². The molecule has 6 nitrogen and oxygen atoms in total. The quantitative estimate of drug-likeness (QED) is 0.823. The molecule has 0 aliphatic carbocycles. The largest absolute Gasteiger partial charge is 0.378 e. The molecule has 0 saturated carbocycles. The van der Waals surface area contributed by atoms with E-state index >= 15 is 0 Å². The zero-order valence-electron chi connectivity index (χ0n) is 15.3. The van der Waals surface area contributed by atoms with Gasteiger partial charge in [0.15, 0.2) is 0 Å². The van der Waals surface area contributed by atoms with Crippen LogP contribution in [-0.4, -0.2) is 34.4 Å². The number of nitrogens with one attached hydrogen (secondary N) is 1. The number of rotatable bonds is 4. The second-order valence-electron chi connectivity index (χ2n) is 7.16. The van der Waals surface area contributed by atoms with Gasteiger partial charge in [-0.3, -0.25) is 9.59 Å². The summed E-state index contributed by atoms with van der Waals surface area (Å²) in [7, 11) is 0. The molecule has 0 spiro atoms. The normalized spacial score (nSPS) is 20.5. The molecule has 1 amide bonds. The molecule has 2 atom stereocenters. The lowest BCUT2D eigenvalue weighted by atomic mass is 10.0. The van der Waals surface area contributed by atoms with E-state index in [9.17, 15) is 9.59 Å². The fourth-order valence-electron chi connectivity index (χ4n) is 3.36. The van der Waals surface area contributed by atoms with E-state index in [0.717, 1.165) is 28.4 Å². The van der Waals surface area contributed by atoms with Crippen LogP contribution in [0.2, 0.25) is 0 Å². The Kier molecular flexibility index (Phi) is 5.77. The Morgan fingerprint density at radius 1 is 1.42 bits per heavy atom. The number of hydrogen-bond donors (Lipinski definition) is 1. The molecule has 1 fully saturated rings. The van der Waals surface area contributed by atoms with E-state index in [4.69, 9.17) is 4.74 Å². The molecule has 1 aromatic heterocycles. The second-order valence-corrected chi connectivity index (χ2v) is 8.08. The summed E-state index contributed by atoms with van der Waals surface area (Å²) in [6.07, 6.45) is 1.72. The fraction of sp³-hybridized carbons (Fsp3) is 0.526. The number of fused-ring (bicyclic) bond motifs is 1.